The third kappa shape index (κ3) is 2.81. The van der Waals surface area contributed by atoms with Gasteiger partial charge in [-0.05, 0) is 41.8 Å². The van der Waals surface area contributed by atoms with Crippen molar-refractivity contribution in [2.75, 3.05) is 0 Å². The zero-order valence-electron chi connectivity index (χ0n) is 12.5. The SMILES string of the molecule is CCc1ccnc(C(Cc2ccnc3ccccc23)=NN)c1. The van der Waals surface area contributed by atoms with Gasteiger partial charge in [0.15, 0.2) is 0 Å². The number of hydrogen-bond donors (Lipinski definition) is 1. The number of hydrogen-bond acceptors (Lipinski definition) is 4. The first kappa shape index (κ1) is 14.2. The van der Waals surface area contributed by atoms with Gasteiger partial charge in [0.2, 0.25) is 0 Å². The van der Waals surface area contributed by atoms with Crippen LogP contribution in [0.15, 0.2) is 60.0 Å². The Balaban J connectivity index is 1.98. The van der Waals surface area contributed by atoms with Gasteiger partial charge in [0.05, 0.1) is 16.9 Å². The van der Waals surface area contributed by atoms with Crippen LogP contribution in [-0.4, -0.2) is 15.7 Å². The summed E-state index contributed by atoms with van der Waals surface area (Å²) in [7, 11) is 0. The van der Waals surface area contributed by atoms with E-state index in [1.807, 2.05) is 42.7 Å². The lowest BCUT2D eigenvalue weighted by atomic mass is 10.0. The van der Waals surface area contributed by atoms with Crippen molar-refractivity contribution in [2.24, 2.45) is 10.9 Å². The van der Waals surface area contributed by atoms with Crippen LogP contribution < -0.4 is 5.84 Å². The van der Waals surface area contributed by atoms with E-state index in [9.17, 15) is 0 Å². The van der Waals surface area contributed by atoms with Crippen molar-refractivity contribution in [3.8, 4) is 0 Å². The van der Waals surface area contributed by atoms with Crippen LogP contribution in [0.4, 0.5) is 0 Å². The normalized spacial score (nSPS) is 11.8. The molecular formula is C18H18N4. The highest BCUT2D eigenvalue weighted by atomic mass is 15.1. The van der Waals surface area contributed by atoms with Crippen LogP contribution in [0.1, 0.15) is 23.7 Å². The standard InChI is InChI=1S/C18H18N4/c1-2-13-7-9-21-17(11-13)18(22-19)12-14-8-10-20-16-6-4-3-5-15(14)16/h3-11H,2,12,19H2,1H3. The average molecular weight is 290 g/mol. The quantitative estimate of drug-likeness (QED) is 0.456. The van der Waals surface area contributed by atoms with Crippen molar-refractivity contribution >= 4 is 16.6 Å². The smallest absolute Gasteiger partial charge is 0.0900 e. The topological polar surface area (TPSA) is 64.2 Å². The summed E-state index contributed by atoms with van der Waals surface area (Å²) in [5, 5.41) is 5.09. The summed E-state index contributed by atoms with van der Waals surface area (Å²) in [5.74, 6) is 5.62. The fourth-order valence-electron chi connectivity index (χ4n) is 2.54. The van der Waals surface area contributed by atoms with Gasteiger partial charge < -0.3 is 5.84 Å². The summed E-state index contributed by atoms with van der Waals surface area (Å²) < 4.78 is 0. The van der Waals surface area contributed by atoms with Crippen LogP contribution in [0.5, 0.6) is 0 Å². The fraction of sp³-hybridized carbons (Fsp3) is 0.167. The molecule has 0 fully saturated rings. The minimum Gasteiger partial charge on any atom is -0.323 e. The van der Waals surface area contributed by atoms with E-state index in [1.165, 1.54) is 5.56 Å². The first-order valence-corrected chi connectivity index (χ1v) is 7.36. The van der Waals surface area contributed by atoms with Crippen molar-refractivity contribution in [2.45, 2.75) is 19.8 Å². The second-order valence-corrected chi connectivity index (χ2v) is 5.14. The fourth-order valence-corrected chi connectivity index (χ4v) is 2.54. The molecule has 0 amide bonds. The Labute approximate surface area is 129 Å². The van der Waals surface area contributed by atoms with Crippen LogP contribution in [-0.2, 0) is 12.8 Å². The molecule has 2 aromatic heterocycles. The molecule has 0 radical (unpaired) electrons. The van der Waals surface area contributed by atoms with E-state index in [0.717, 1.165) is 34.3 Å². The third-order valence-electron chi connectivity index (χ3n) is 3.78. The number of rotatable bonds is 4. The summed E-state index contributed by atoms with van der Waals surface area (Å²) in [5.41, 5.74) is 4.98. The summed E-state index contributed by atoms with van der Waals surface area (Å²) in [4.78, 5) is 8.80. The van der Waals surface area contributed by atoms with Gasteiger partial charge in [-0.15, -0.1) is 0 Å². The van der Waals surface area contributed by atoms with Crippen molar-refractivity contribution in [1.29, 1.82) is 0 Å². The Morgan fingerprint density at radius 2 is 1.91 bits per heavy atom. The van der Waals surface area contributed by atoms with Gasteiger partial charge in [-0.25, -0.2) is 0 Å². The molecule has 2 heterocycles. The number of aromatic nitrogens is 2. The largest absolute Gasteiger partial charge is 0.323 e. The van der Waals surface area contributed by atoms with Crippen LogP contribution in [0.3, 0.4) is 0 Å². The Hall–Kier alpha value is -2.75. The van der Waals surface area contributed by atoms with Crippen molar-refractivity contribution in [3.05, 3.63) is 71.7 Å². The monoisotopic (exact) mass is 290 g/mol. The maximum Gasteiger partial charge on any atom is 0.0900 e. The molecule has 0 atom stereocenters. The van der Waals surface area contributed by atoms with Crippen LogP contribution in [0, 0.1) is 0 Å². The van der Waals surface area contributed by atoms with Crippen molar-refractivity contribution in [1.82, 2.24) is 9.97 Å². The Morgan fingerprint density at radius 3 is 2.73 bits per heavy atom. The molecule has 22 heavy (non-hydrogen) atoms. The van der Waals surface area contributed by atoms with E-state index in [-0.39, 0.29) is 0 Å². The summed E-state index contributed by atoms with van der Waals surface area (Å²) in [6.07, 6.45) is 5.23. The number of fused-ring (bicyclic) bond motifs is 1. The van der Waals surface area contributed by atoms with Gasteiger partial charge in [-0.1, -0.05) is 25.1 Å². The number of hydrazone groups is 1. The highest BCUT2D eigenvalue weighted by Gasteiger charge is 2.10. The van der Waals surface area contributed by atoms with Crippen molar-refractivity contribution < 1.29 is 0 Å². The number of nitrogens with two attached hydrogens (primary N) is 1. The second-order valence-electron chi connectivity index (χ2n) is 5.14. The molecule has 3 aromatic rings. The minimum atomic E-state index is 0.639. The van der Waals surface area contributed by atoms with Crippen molar-refractivity contribution in [3.63, 3.8) is 0 Å². The van der Waals surface area contributed by atoms with E-state index in [1.54, 1.807) is 0 Å². The molecule has 0 spiro atoms. The molecule has 0 aliphatic heterocycles. The molecule has 110 valence electrons. The number of benzene rings is 1. The highest BCUT2D eigenvalue weighted by molar-refractivity contribution is 6.02. The average Bonchev–Trinajstić information content (AvgIpc) is 2.59. The molecule has 0 aliphatic rings. The summed E-state index contributed by atoms with van der Waals surface area (Å²) >= 11 is 0. The molecule has 1 aromatic carbocycles. The summed E-state index contributed by atoms with van der Waals surface area (Å²) in [6, 6.07) is 14.2. The van der Waals surface area contributed by atoms with E-state index in [4.69, 9.17) is 5.84 Å². The van der Waals surface area contributed by atoms with E-state index >= 15 is 0 Å². The zero-order valence-corrected chi connectivity index (χ0v) is 12.5. The minimum absolute atomic E-state index is 0.639. The molecule has 0 saturated heterocycles. The Morgan fingerprint density at radius 1 is 1.09 bits per heavy atom. The molecule has 4 nitrogen and oxygen atoms in total. The second kappa shape index (κ2) is 6.35. The molecule has 0 saturated carbocycles. The van der Waals surface area contributed by atoms with Gasteiger partial charge in [0.25, 0.3) is 0 Å². The predicted molar refractivity (Wildman–Crippen MR) is 89.8 cm³/mol. The van der Waals surface area contributed by atoms with Crippen LogP contribution in [0.25, 0.3) is 10.9 Å². The first-order valence-electron chi connectivity index (χ1n) is 7.36. The molecule has 0 unspecified atom stereocenters. The zero-order chi connectivity index (χ0) is 15.4. The van der Waals surface area contributed by atoms with Gasteiger partial charge in [0.1, 0.15) is 0 Å². The lowest BCUT2D eigenvalue weighted by Gasteiger charge is -2.09. The lowest BCUT2D eigenvalue weighted by Crippen LogP contribution is -2.11. The van der Waals surface area contributed by atoms with Crippen LogP contribution in [0.2, 0.25) is 0 Å². The highest BCUT2D eigenvalue weighted by Crippen LogP contribution is 2.18. The number of para-hydroxylation sites is 1. The molecule has 4 heteroatoms. The van der Waals surface area contributed by atoms with Gasteiger partial charge >= 0.3 is 0 Å². The van der Waals surface area contributed by atoms with Gasteiger partial charge in [-0.3, -0.25) is 9.97 Å². The molecule has 0 aliphatic carbocycles. The Bertz CT molecular complexity index is 819. The van der Waals surface area contributed by atoms with E-state index in [0.29, 0.717) is 6.42 Å². The first-order chi connectivity index (χ1) is 10.8. The number of aryl methyl sites for hydroxylation is 1. The molecular weight excluding hydrogens is 272 g/mol. The predicted octanol–water partition coefficient (Wildman–Crippen LogP) is 3.10. The van der Waals surface area contributed by atoms with Gasteiger partial charge in [-0.2, -0.15) is 5.10 Å². The molecule has 3 rings (SSSR count). The lowest BCUT2D eigenvalue weighted by molar-refractivity contribution is 1.10. The van der Waals surface area contributed by atoms with Gasteiger partial charge in [0, 0.05) is 24.2 Å². The summed E-state index contributed by atoms with van der Waals surface area (Å²) in [6.45, 7) is 2.12. The number of pyridine rings is 2. The third-order valence-corrected chi connectivity index (χ3v) is 3.78. The maximum atomic E-state index is 5.62. The number of nitrogens with zero attached hydrogens (tertiary/aromatic N) is 3. The molecule has 0 bridgehead atoms. The van der Waals surface area contributed by atoms with Crippen LogP contribution >= 0.6 is 0 Å². The van der Waals surface area contributed by atoms with E-state index in [2.05, 4.69) is 34.1 Å². The van der Waals surface area contributed by atoms with E-state index < -0.39 is 0 Å². The molecule has 2 N–H and O–H groups in total. The maximum absolute atomic E-state index is 5.62. The Kier molecular flexibility index (Phi) is 4.10.